The molecule has 0 bridgehead atoms. The van der Waals surface area contributed by atoms with E-state index in [9.17, 15) is 14.4 Å². The number of carbonyl (C=O) groups excluding carboxylic acids is 3. The summed E-state index contributed by atoms with van der Waals surface area (Å²) in [6.07, 6.45) is 3.59. The zero-order chi connectivity index (χ0) is 22.5. The molecule has 6 nitrogen and oxygen atoms in total. The zero-order valence-electron chi connectivity index (χ0n) is 18.6. The average Bonchev–Trinajstić information content (AvgIpc) is 3.27. The molecule has 1 saturated carbocycles. The third-order valence-corrected chi connectivity index (χ3v) is 6.97. The lowest BCUT2D eigenvalue weighted by molar-refractivity contribution is -0.145. The molecule has 1 aliphatic heterocycles. The summed E-state index contributed by atoms with van der Waals surface area (Å²) in [4.78, 5) is 39.7. The van der Waals surface area contributed by atoms with Gasteiger partial charge in [0.05, 0.1) is 13.0 Å². The van der Waals surface area contributed by atoms with E-state index >= 15 is 0 Å². The van der Waals surface area contributed by atoms with Crippen LogP contribution in [-0.4, -0.2) is 48.9 Å². The van der Waals surface area contributed by atoms with E-state index in [1.807, 2.05) is 30.9 Å². The van der Waals surface area contributed by atoms with Crippen LogP contribution < -0.4 is 5.32 Å². The summed E-state index contributed by atoms with van der Waals surface area (Å²) in [5.74, 6) is -0.453. The van der Waals surface area contributed by atoms with Crippen LogP contribution in [0.1, 0.15) is 57.4 Å². The number of methoxy groups -OCH3 is 1. The third-order valence-electron chi connectivity index (χ3n) is 6.72. The number of carbonyl (C=O) groups is 3. The number of halogens is 1. The summed E-state index contributed by atoms with van der Waals surface area (Å²) >= 11 is 5.99. The fourth-order valence-corrected chi connectivity index (χ4v) is 4.88. The van der Waals surface area contributed by atoms with Crippen molar-refractivity contribution in [1.82, 2.24) is 10.2 Å². The van der Waals surface area contributed by atoms with Gasteiger partial charge in [-0.3, -0.25) is 14.4 Å². The minimum absolute atomic E-state index is 0.0109. The summed E-state index contributed by atoms with van der Waals surface area (Å²) < 4.78 is 4.81. The maximum Gasteiger partial charge on any atom is 0.308 e. The van der Waals surface area contributed by atoms with E-state index < -0.39 is 6.04 Å². The number of rotatable bonds is 6. The highest BCUT2D eigenvalue weighted by molar-refractivity contribution is 6.30. The SMILES string of the molecule is COC(=O)[C@H]1CC[C@@H](C(=O)N[C@@H](C(=O)N2CCC(c3ccc(Cl)cc3)CC2)C(C)C)C1. The lowest BCUT2D eigenvalue weighted by Gasteiger charge is -2.36. The molecule has 1 aromatic rings. The van der Waals surface area contributed by atoms with Gasteiger partial charge in [-0.25, -0.2) is 0 Å². The van der Waals surface area contributed by atoms with Gasteiger partial charge in [0, 0.05) is 24.0 Å². The van der Waals surface area contributed by atoms with Crippen LogP contribution in [0.3, 0.4) is 0 Å². The van der Waals surface area contributed by atoms with Crippen molar-refractivity contribution in [2.45, 2.75) is 57.9 Å². The van der Waals surface area contributed by atoms with Gasteiger partial charge in [0.25, 0.3) is 0 Å². The summed E-state index contributed by atoms with van der Waals surface area (Å²) in [5, 5.41) is 3.71. The van der Waals surface area contributed by atoms with Crippen molar-refractivity contribution in [3.8, 4) is 0 Å². The van der Waals surface area contributed by atoms with E-state index in [4.69, 9.17) is 16.3 Å². The monoisotopic (exact) mass is 448 g/mol. The molecule has 3 atom stereocenters. The summed E-state index contributed by atoms with van der Waals surface area (Å²) in [5.41, 5.74) is 1.26. The smallest absolute Gasteiger partial charge is 0.308 e. The molecule has 170 valence electrons. The first-order chi connectivity index (χ1) is 14.8. The second kappa shape index (κ2) is 10.5. The lowest BCUT2D eigenvalue weighted by atomic mass is 9.89. The Morgan fingerprint density at radius 1 is 1.03 bits per heavy atom. The Labute approximate surface area is 189 Å². The van der Waals surface area contributed by atoms with Gasteiger partial charge in [-0.15, -0.1) is 0 Å². The number of piperidine rings is 1. The molecule has 3 rings (SSSR count). The summed E-state index contributed by atoms with van der Waals surface area (Å²) in [7, 11) is 1.37. The van der Waals surface area contributed by atoms with Gasteiger partial charge in [0.2, 0.25) is 11.8 Å². The quantitative estimate of drug-likeness (QED) is 0.672. The Bertz CT molecular complexity index is 787. The maximum absolute atomic E-state index is 13.2. The molecule has 0 radical (unpaired) electrons. The molecular formula is C24H33ClN2O4. The molecule has 0 unspecified atom stereocenters. The first-order valence-corrected chi connectivity index (χ1v) is 11.6. The second-order valence-electron chi connectivity index (χ2n) is 9.11. The molecule has 1 aromatic carbocycles. The zero-order valence-corrected chi connectivity index (χ0v) is 19.4. The van der Waals surface area contributed by atoms with Crippen LogP contribution in [-0.2, 0) is 19.1 Å². The number of esters is 1. The molecule has 0 spiro atoms. The minimum atomic E-state index is -0.545. The van der Waals surface area contributed by atoms with E-state index in [1.165, 1.54) is 12.7 Å². The highest BCUT2D eigenvalue weighted by Crippen LogP contribution is 2.32. The molecule has 31 heavy (non-hydrogen) atoms. The minimum Gasteiger partial charge on any atom is -0.469 e. The van der Waals surface area contributed by atoms with Gasteiger partial charge in [0.1, 0.15) is 6.04 Å². The molecule has 1 heterocycles. The van der Waals surface area contributed by atoms with Gasteiger partial charge in [-0.1, -0.05) is 37.6 Å². The fraction of sp³-hybridized carbons (Fsp3) is 0.625. The number of nitrogens with one attached hydrogen (secondary N) is 1. The second-order valence-corrected chi connectivity index (χ2v) is 9.55. The van der Waals surface area contributed by atoms with Gasteiger partial charge in [-0.2, -0.15) is 0 Å². The van der Waals surface area contributed by atoms with Gasteiger partial charge in [-0.05, 0) is 61.6 Å². The predicted octanol–water partition coefficient (Wildman–Crippen LogP) is 3.78. The molecule has 0 aromatic heterocycles. The van der Waals surface area contributed by atoms with Crippen molar-refractivity contribution in [3.63, 3.8) is 0 Å². The number of nitrogens with zero attached hydrogens (tertiary/aromatic N) is 1. The molecule has 1 saturated heterocycles. The first kappa shape index (κ1) is 23.6. The van der Waals surface area contributed by atoms with Gasteiger partial charge < -0.3 is 15.0 Å². The Hall–Kier alpha value is -2.08. The lowest BCUT2D eigenvalue weighted by Crippen LogP contribution is -2.53. The maximum atomic E-state index is 13.2. The van der Waals surface area contributed by atoms with Crippen LogP contribution in [0.25, 0.3) is 0 Å². The summed E-state index contributed by atoms with van der Waals surface area (Å²) in [6, 6.07) is 7.39. The first-order valence-electron chi connectivity index (χ1n) is 11.2. The highest BCUT2D eigenvalue weighted by Gasteiger charge is 2.37. The van der Waals surface area contributed by atoms with E-state index in [2.05, 4.69) is 17.4 Å². The average molecular weight is 449 g/mol. The molecule has 1 aliphatic carbocycles. The standard InChI is InChI=1S/C24H33ClN2O4/c1-15(2)21(26-22(28)18-4-5-19(14-18)24(30)31-3)23(29)27-12-10-17(11-13-27)16-6-8-20(25)9-7-16/h6-9,15,17-19,21H,4-5,10-14H2,1-3H3,(H,26,28)/t18-,19+,21-/m1/s1. The number of amides is 2. The fourth-order valence-electron chi connectivity index (χ4n) is 4.75. The van der Waals surface area contributed by atoms with E-state index in [-0.39, 0.29) is 35.5 Å². The molecule has 2 amide bonds. The van der Waals surface area contributed by atoms with Crippen molar-refractivity contribution in [1.29, 1.82) is 0 Å². The Morgan fingerprint density at radius 3 is 2.23 bits per heavy atom. The molecule has 2 aliphatic rings. The molecule has 7 heteroatoms. The van der Waals surface area contributed by atoms with E-state index in [0.717, 1.165) is 17.9 Å². The van der Waals surface area contributed by atoms with Crippen molar-refractivity contribution in [2.24, 2.45) is 17.8 Å². The van der Waals surface area contributed by atoms with Crippen molar-refractivity contribution in [2.75, 3.05) is 20.2 Å². The van der Waals surface area contributed by atoms with Crippen LogP contribution in [0, 0.1) is 17.8 Å². The van der Waals surface area contributed by atoms with Gasteiger partial charge >= 0.3 is 5.97 Å². The van der Waals surface area contributed by atoms with Crippen LogP contribution in [0.2, 0.25) is 5.02 Å². The van der Waals surface area contributed by atoms with E-state index in [0.29, 0.717) is 38.3 Å². The van der Waals surface area contributed by atoms with E-state index in [1.54, 1.807) is 0 Å². The normalized spacial score (nSPS) is 22.9. The van der Waals surface area contributed by atoms with Crippen LogP contribution in [0.15, 0.2) is 24.3 Å². The van der Waals surface area contributed by atoms with Gasteiger partial charge in [0.15, 0.2) is 0 Å². The number of benzene rings is 1. The number of hydrogen-bond donors (Lipinski definition) is 1. The topological polar surface area (TPSA) is 75.7 Å². The predicted molar refractivity (Wildman–Crippen MR) is 120 cm³/mol. The van der Waals surface area contributed by atoms with Crippen LogP contribution >= 0.6 is 11.6 Å². The number of likely N-dealkylation sites (tertiary alicyclic amines) is 1. The number of hydrogen-bond acceptors (Lipinski definition) is 4. The highest BCUT2D eigenvalue weighted by atomic mass is 35.5. The van der Waals surface area contributed by atoms with Crippen molar-refractivity contribution >= 4 is 29.4 Å². The Kier molecular flexibility index (Phi) is 7.98. The van der Waals surface area contributed by atoms with Crippen LogP contribution in [0.5, 0.6) is 0 Å². The van der Waals surface area contributed by atoms with Crippen molar-refractivity contribution in [3.05, 3.63) is 34.9 Å². The number of ether oxygens (including phenoxy) is 1. The van der Waals surface area contributed by atoms with Crippen molar-refractivity contribution < 1.29 is 19.1 Å². The summed E-state index contributed by atoms with van der Waals surface area (Å²) in [6.45, 7) is 5.27. The molecular weight excluding hydrogens is 416 g/mol. The van der Waals surface area contributed by atoms with Crippen LogP contribution in [0.4, 0.5) is 0 Å². The molecule has 1 N–H and O–H groups in total. The Balaban J connectivity index is 1.55. The largest absolute Gasteiger partial charge is 0.469 e. The molecule has 2 fully saturated rings. The third kappa shape index (κ3) is 5.79. The Morgan fingerprint density at radius 2 is 1.65 bits per heavy atom.